The zero-order chi connectivity index (χ0) is 26.4. The molecular weight excluding hydrogens is 605 g/mol. The third-order valence-corrected chi connectivity index (χ3v) is 6.81. The minimum absolute atomic E-state index is 0.156. The van der Waals surface area contributed by atoms with E-state index < -0.39 is 17.1 Å². The van der Waals surface area contributed by atoms with Crippen LogP contribution in [-0.4, -0.2) is 41.0 Å². The number of aryl methyl sites for hydroxylation is 1. The summed E-state index contributed by atoms with van der Waals surface area (Å²) in [5, 5.41) is 4.94. The highest BCUT2D eigenvalue weighted by molar-refractivity contribution is 14.1. The van der Waals surface area contributed by atoms with Crippen molar-refractivity contribution in [2.45, 2.75) is 6.92 Å². The van der Waals surface area contributed by atoms with Gasteiger partial charge in [-0.2, -0.15) is 0 Å². The maximum Gasteiger partial charge on any atom is 0.294 e. The van der Waals surface area contributed by atoms with Crippen LogP contribution in [0.15, 0.2) is 77.7 Å². The van der Waals surface area contributed by atoms with Crippen LogP contribution in [-0.2, 0) is 14.4 Å². The number of thioether (sulfide) groups is 1. The van der Waals surface area contributed by atoms with Crippen LogP contribution in [0.4, 0.5) is 16.2 Å². The summed E-state index contributed by atoms with van der Waals surface area (Å²) in [6, 6.07) is 21.4. The van der Waals surface area contributed by atoms with E-state index >= 15 is 0 Å². The number of anilines is 2. The minimum atomic E-state index is -0.527. The molecule has 3 aromatic rings. The van der Waals surface area contributed by atoms with E-state index in [4.69, 9.17) is 4.74 Å². The molecule has 1 heterocycles. The molecule has 4 amide bonds. The molecule has 1 saturated heterocycles. The lowest BCUT2D eigenvalue weighted by atomic mass is 10.2. The molecule has 4 rings (SSSR count). The fourth-order valence-corrected chi connectivity index (χ4v) is 4.51. The molecule has 10 heteroatoms. The number of nitrogens with zero attached hydrogens (tertiary/aromatic N) is 1. The van der Waals surface area contributed by atoms with Gasteiger partial charge < -0.3 is 15.4 Å². The van der Waals surface area contributed by atoms with Crippen molar-refractivity contribution in [3.63, 3.8) is 0 Å². The summed E-state index contributed by atoms with van der Waals surface area (Å²) in [5.41, 5.74) is 3.05. The average Bonchev–Trinajstić information content (AvgIpc) is 3.13. The molecule has 0 bridgehead atoms. The second kappa shape index (κ2) is 12.1. The number of imide groups is 1. The van der Waals surface area contributed by atoms with Crippen LogP contribution in [0.5, 0.6) is 5.75 Å². The Hall–Kier alpha value is -3.64. The van der Waals surface area contributed by atoms with Crippen molar-refractivity contribution in [3.8, 4) is 5.75 Å². The molecule has 0 radical (unpaired) electrons. The van der Waals surface area contributed by atoms with Crippen LogP contribution in [0.25, 0.3) is 6.08 Å². The fraction of sp³-hybridized carbons (Fsp3) is 0.111. The quantitative estimate of drug-likeness (QED) is 0.260. The van der Waals surface area contributed by atoms with Gasteiger partial charge in [-0.25, -0.2) is 0 Å². The summed E-state index contributed by atoms with van der Waals surface area (Å²) < 4.78 is 6.55. The largest absolute Gasteiger partial charge is 0.484 e. The second-order valence-corrected chi connectivity index (χ2v) is 10.3. The standard InChI is InChI=1S/C27H22IN3O5S/c1-17-2-8-20(9-3-17)30-25(33)16-36-22-12-4-18(5-13-22)14-23-26(34)31(27(35)37-23)15-24(32)29-21-10-6-19(28)7-11-21/h2-14H,15-16H2,1H3,(H,29,32)(H,30,33)/b23-14+. The molecular formula is C27H22IN3O5S. The molecule has 3 aromatic carbocycles. The molecule has 0 saturated carbocycles. The smallest absolute Gasteiger partial charge is 0.294 e. The summed E-state index contributed by atoms with van der Waals surface area (Å²) >= 11 is 2.94. The molecule has 0 spiro atoms. The first-order valence-electron chi connectivity index (χ1n) is 11.2. The molecule has 0 unspecified atom stereocenters. The number of halogens is 1. The Morgan fingerprint density at radius 1 is 0.892 bits per heavy atom. The van der Waals surface area contributed by atoms with Gasteiger partial charge in [-0.15, -0.1) is 0 Å². The predicted molar refractivity (Wildman–Crippen MR) is 152 cm³/mol. The van der Waals surface area contributed by atoms with Gasteiger partial charge in [-0.05, 0) is 101 Å². The number of ether oxygens (including phenoxy) is 1. The van der Waals surface area contributed by atoms with Crippen molar-refractivity contribution in [2.24, 2.45) is 0 Å². The molecule has 0 aromatic heterocycles. The molecule has 1 aliphatic heterocycles. The highest BCUT2D eigenvalue weighted by Crippen LogP contribution is 2.32. The van der Waals surface area contributed by atoms with Gasteiger partial charge in [0.2, 0.25) is 5.91 Å². The van der Waals surface area contributed by atoms with Crippen molar-refractivity contribution in [2.75, 3.05) is 23.8 Å². The Balaban J connectivity index is 1.30. The van der Waals surface area contributed by atoms with Gasteiger partial charge in [-0.1, -0.05) is 29.8 Å². The van der Waals surface area contributed by atoms with Gasteiger partial charge in [0.1, 0.15) is 12.3 Å². The van der Waals surface area contributed by atoms with Gasteiger partial charge in [0.15, 0.2) is 6.61 Å². The fourth-order valence-electron chi connectivity index (χ4n) is 3.31. The van der Waals surface area contributed by atoms with Gasteiger partial charge in [-0.3, -0.25) is 24.1 Å². The number of rotatable bonds is 8. The number of benzene rings is 3. The van der Waals surface area contributed by atoms with Crippen LogP contribution >= 0.6 is 34.4 Å². The third kappa shape index (κ3) is 7.43. The SMILES string of the molecule is Cc1ccc(NC(=O)COc2ccc(/C=C3/SC(=O)N(CC(=O)Nc4ccc(I)cc4)C3=O)cc2)cc1. The first-order chi connectivity index (χ1) is 17.8. The molecule has 1 fully saturated rings. The molecule has 188 valence electrons. The van der Waals surface area contributed by atoms with E-state index in [-0.39, 0.29) is 24.0 Å². The van der Waals surface area contributed by atoms with E-state index in [0.717, 1.165) is 25.8 Å². The van der Waals surface area contributed by atoms with Crippen LogP contribution in [0.2, 0.25) is 0 Å². The van der Waals surface area contributed by atoms with Crippen molar-refractivity contribution in [1.82, 2.24) is 4.90 Å². The molecule has 0 aliphatic carbocycles. The Kier molecular flexibility index (Phi) is 8.62. The highest BCUT2D eigenvalue weighted by Gasteiger charge is 2.36. The van der Waals surface area contributed by atoms with Gasteiger partial charge in [0.25, 0.3) is 17.1 Å². The van der Waals surface area contributed by atoms with Crippen LogP contribution in [0, 0.1) is 10.5 Å². The van der Waals surface area contributed by atoms with Crippen molar-refractivity contribution in [3.05, 3.63) is 92.4 Å². The zero-order valence-corrected chi connectivity index (χ0v) is 22.7. The summed E-state index contributed by atoms with van der Waals surface area (Å²) in [4.78, 5) is 50.7. The van der Waals surface area contributed by atoms with Gasteiger partial charge in [0, 0.05) is 14.9 Å². The topological polar surface area (TPSA) is 105 Å². The van der Waals surface area contributed by atoms with E-state index in [2.05, 4.69) is 33.2 Å². The number of hydrogen-bond donors (Lipinski definition) is 2. The maximum absolute atomic E-state index is 12.7. The second-order valence-electron chi connectivity index (χ2n) is 8.09. The predicted octanol–water partition coefficient (Wildman–Crippen LogP) is 5.29. The molecule has 0 atom stereocenters. The normalized spacial score (nSPS) is 14.1. The minimum Gasteiger partial charge on any atom is -0.484 e. The number of amides is 4. The Bertz CT molecular complexity index is 1360. The summed E-state index contributed by atoms with van der Waals surface area (Å²) in [7, 11) is 0. The summed E-state index contributed by atoms with van der Waals surface area (Å²) in [6.45, 7) is 1.44. The van der Waals surface area contributed by atoms with E-state index in [1.807, 2.05) is 43.3 Å². The lowest BCUT2D eigenvalue weighted by Gasteiger charge is -2.12. The van der Waals surface area contributed by atoms with Gasteiger partial charge >= 0.3 is 0 Å². The number of carbonyl (C=O) groups is 4. The van der Waals surface area contributed by atoms with E-state index in [0.29, 0.717) is 22.7 Å². The molecule has 8 nitrogen and oxygen atoms in total. The lowest BCUT2D eigenvalue weighted by Crippen LogP contribution is -2.36. The third-order valence-electron chi connectivity index (χ3n) is 5.19. The average molecular weight is 627 g/mol. The van der Waals surface area contributed by atoms with E-state index in [1.165, 1.54) is 0 Å². The summed E-state index contributed by atoms with van der Waals surface area (Å²) in [6.07, 6.45) is 1.58. The zero-order valence-electron chi connectivity index (χ0n) is 19.7. The highest BCUT2D eigenvalue weighted by atomic mass is 127. The Labute approximate surface area is 231 Å². The number of hydrogen-bond acceptors (Lipinski definition) is 6. The number of carbonyl (C=O) groups excluding carboxylic acids is 4. The first kappa shape index (κ1) is 26.4. The molecule has 2 N–H and O–H groups in total. The van der Waals surface area contributed by atoms with Crippen molar-refractivity contribution in [1.29, 1.82) is 0 Å². The monoisotopic (exact) mass is 627 g/mol. The van der Waals surface area contributed by atoms with Crippen molar-refractivity contribution < 1.29 is 23.9 Å². The van der Waals surface area contributed by atoms with Crippen LogP contribution < -0.4 is 15.4 Å². The summed E-state index contributed by atoms with van der Waals surface area (Å²) in [5.74, 6) is -0.789. The lowest BCUT2D eigenvalue weighted by molar-refractivity contribution is -0.127. The van der Waals surface area contributed by atoms with E-state index in [1.54, 1.807) is 42.5 Å². The first-order valence-corrected chi connectivity index (χ1v) is 13.1. The van der Waals surface area contributed by atoms with Gasteiger partial charge in [0.05, 0.1) is 4.91 Å². The number of nitrogens with one attached hydrogen (secondary N) is 2. The Morgan fingerprint density at radius 3 is 2.14 bits per heavy atom. The Morgan fingerprint density at radius 2 is 1.49 bits per heavy atom. The van der Waals surface area contributed by atoms with E-state index in [9.17, 15) is 19.2 Å². The molecule has 1 aliphatic rings. The van der Waals surface area contributed by atoms with Crippen molar-refractivity contribution >= 4 is 74.8 Å². The van der Waals surface area contributed by atoms with Crippen LogP contribution in [0.1, 0.15) is 11.1 Å². The maximum atomic E-state index is 12.7. The van der Waals surface area contributed by atoms with Crippen LogP contribution in [0.3, 0.4) is 0 Å². The molecule has 37 heavy (non-hydrogen) atoms.